The smallest absolute Gasteiger partial charge is 0.248 e. The second kappa shape index (κ2) is 7.27. The van der Waals surface area contributed by atoms with Crippen molar-refractivity contribution in [3.8, 4) is 0 Å². The van der Waals surface area contributed by atoms with E-state index in [1.54, 1.807) is 12.1 Å². The molecule has 0 radical (unpaired) electrons. The fraction of sp³-hybridized carbons (Fsp3) is 0.273. The molecule has 0 bridgehead atoms. The van der Waals surface area contributed by atoms with Crippen molar-refractivity contribution in [2.24, 2.45) is 5.73 Å². The van der Waals surface area contributed by atoms with E-state index in [9.17, 15) is 9.59 Å². The van der Waals surface area contributed by atoms with Crippen molar-refractivity contribution < 1.29 is 9.59 Å². The Hall–Kier alpha value is -3.08. The number of rotatable bonds is 7. The number of nitrogens with one attached hydrogen (secondary N) is 1. The maximum absolute atomic E-state index is 12.9. The number of benzene rings is 2. The number of hydrogen-bond acceptors (Lipinski definition) is 2. The Morgan fingerprint density at radius 3 is 2.52 bits per heavy atom. The largest absolute Gasteiger partial charge is 0.366 e. The lowest BCUT2D eigenvalue weighted by Gasteiger charge is -2.23. The van der Waals surface area contributed by atoms with Crippen LogP contribution in [0.3, 0.4) is 0 Å². The average Bonchev–Trinajstić information content (AvgIpc) is 3.44. The second-order valence-corrected chi connectivity index (χ2v) is 7.17. The highest BCUT2D eigenvalue weighted by Crippen LogP contribution is 2.29. The Morgan fingerprint density at radius 2 is 1.81 bits per heavy atom. The molecule has 0 aliphatic heterocycles. The van der Waals surface area contributed by atoms with Gasteiger partial charge in [-0.05, 0) is 48.6 Å². The van der Waals surface area contributed by atoms with Crippen molar-refractivity contribution in [3.63, 3.8) is 0 Å². The Balaban J connectivity index is 1.42. The number of aromatic amines is 1. The van der Waals surface area contributed by atoms with Crippen LogP contribution in [0, 0.1) is 0 Å². The number of nitrogens with two attached hydrogens (primary N) is 1. The molecular weight excluding hydrogens is 338 g/mol. The van der Waals surface area contributed by atoms with Crippen molar-refractivity contribution >= 4 is 22.7 Å². The number of para-hydroxylation sites is 1. The second-order valence-electron chi connectivity index (χ2n) is 7.17. The predicted octanol–water partition coefficient (Wildman–Crippen LogP) is 3.39. The zero-order valence-corrected chi connectivity index (χ0v) is 15.2. The van der Waals surface area contributed by atoms with Gasteiger partial charge >= 0.3 is 0 Å². The number of nitrogens with zero attached hydrogens (tertiary/aromatic N) is 1. The first-order valence-electron chi connectivity index (χ1n) is 9.35. The van der Waals surface area contributed by atoms with Crippen LogP contribution >= 0.6 is 0 Å². The van der Waals surface area contributed by atoms with Gasteiger partial charge in [0.2, 0.25) is 11.8 Å². The molecule has 0 unspecified atom stereocenters. The summed E-state index contributed by atoms with van der Waals surface area (Å²) >= 11 is 0. The first kappa shape index (κ1) is 17.3. The van der Waals surface area contributed by atoms with Crippen LogP contribution in [-0.2, 0) is 17.8 Å². The van der Waals surface area contributed by atoms with E-state index >= 15 is 0 Å². The number of H-pyrrole nitrogens is 1. The summed E-state index contributed by atoms with van der Waals surface area (Å²) in [4.78, 5) is 29.3. The molecule has 2 amide bonds. The van der Waals surface area contributed by atoms with Gasteiger partial charge in [-0.15, -0.1) is 0 Å². The van der Waals surface area contributed by atoms with Crippen molar-refractivity contribution in [3.05, 3.63) is 71.4 Å². The van der Waals surface area contributed by atoms with Crippen LogP contribution < -0.4 is 5.73 Å². The summed E-state index contributed by atoms with van der Waals surface area (Å²) in [5.41, 5.74) is 9.09. The van der Waals surface area contributed by atoms with Gasteiger partial charge in [0.05, 0.1) is 0 Å². The van der Waals surface area contributed by atoms with E-state index in [0.717, 1.165) is 30.3 Å². The minimum Gasteiger partial charge on any atom is -0.366 e. The summed E-state index contributed by atoms with van der Waals surface area (Å²) < 4.78 is 0. The normalized spacial score (nSPS) is 13.6. The highest BCUT2D eigenvalue weighted by molar-refractivity contribution is 5.92. The summed E-state index contributed by atoms with van der Waals surface area (Å²) in [6, 6.07) is 15.7. The molecule has 4 rings (SSSR count). The number of carbonyl (C=O) groups is 2. The molecule has 3 N–H and O–H groups in total. The molecule has 27 heavy (non-hydrogen) atoms. The van der Waals surface area contributed by atoms with Crippen molar-refractivity contribution in [2.75, 3.05) is 0 Å². The number of primary amides is 1. The molecule has 1 fully saturated rings. The molecule has 1 aliphatic carbocycles. The maximum atomic E-state index is 12.9. The number of aryl methyl sites for hydroxylation is 1. The van der Waals surface area contributed by atoms with Crippen LogP contribution in [0.15, 0.2) is 54.7 Å². The molecule has 1 heterocycles. The molecule has 5 heteroatoms. The van der Waals surface area contributed by atoms with Crippen molar-refractivity contribution in [1.82, 2.24) is 9.88 Å². The summed E-state index contributed by atoms with van der Waals surface area (Å²) in [5.74, 6) is -0.253. The lowest BCUT2D eigenvalue weighted by Crippen LogP contribution is -2.32. The molecule has 5 nitrogen and oxygen atoms in total. The number of aromatic nitrogens is 1. The first-order chi connectivity index (χ1) is 13.1. The molecule has 1 saturated carbocycles. The van der Waals surface area contributed by atoms with Crippen molar-refractivity contribution in [2.45, 2.75) is 38.3 Å². The average molecular weight is 361 g/mol. The van der Waals surface area contributed by atoms with E-state index in [1.807, 2.05) is 41.4 Å². The topological polar surface area (TPSA) is 79.2 Å². The lowest BCUT2D eigenvalue weighted by atomic mass is 10.1. The number of hydrogen-bond donors (Lipinski definition) is 2. The SMILES string of the molecule is NC(=O)c1ccc(CN(C(=O)CCc2c[nH]c3ccccc23)C2CC2)cc1. The van der Waals surface area contributed by atoms with E-state index in [4.69, 9.17) is 5.73 Å². The predicted molar refractivity (Wildman–Crippen MR) is 105 cm³/mol. The van der Waals surface area contributed by atoms with Crippen LogP contribution in [-0.4, -0.2) is 27.7 Å². The van der Waals surface area contributed by atoms with Gasteiger partial charge in [0.25, 0.3) is 0 Å². The van der Waals surface area contributed by atoms with E-state index in [0.29, 0.717) is 24.6 Å². The zero-order chi connectivity index (χ0) is 18.8. The minimum absolute atomic E-state index is 0.182. The molecule has 138 valence electrons. The molecule has 1 aromatic heterocycles. The number of fused-ring (bicyclic) bond motifs is 1. The monoisotopic (exact) mass is 361 g/mol. The molecule has 1 aliphatic rings. The van der Waals surface area contributed by atoms with Gasteiger partial charge in [0, 0.05) is 41.7 Å². The van der Waals surface area contributed by atoms with Gasteiger partial charge in [-0.1, -0.05) is 30.3 Å². The van der Waals surface area contributed by atoms with E-state index < -0.39 is 5.91 Å². The number of amides is 2. The fourth-order valence-corrected chi connectivity index (χ4v) is 3.50. The van der Waals surface area contributed by atoms with E-state index in [1.165, 1.54) is 10.9 Å². The Bertz CT molecular complexity index is 971. The molecule has 3 aromatic rings. The van der Waals surface area contributed by atoms with Gasteiger partial charge in [0.15, 0.2) is 0 Å². The molecule has 0 saturated heterocycles. The lowest BCUT2D eigenvalue weighted by molar-refractivity contribution is -0.132. The quantitative estimate of drug-likeness (QED) is 0.676. The first-order valence-corrected chi connectivity index (χ1v) is 9.35. The van der Waals surface area contributed by atoms with Gasteiger partial charge in [-0.25, -0.2) is 0 Å². The molecular formula is C22H23N3O2. The third kappa shape index (κ3) is 3.87. The Kier molecular flexibility index (Phi) is 4.67. The van der Waals surface area contributed by atoms with Crippen LogP contribution in [0.1, 0.15) is 40.7 Å². The highest BCUT2D eigenvalue weighted by atomic mass is 16.2. The highest BCUT2D eigenvalue weighted by Gasteiger charge is 2.32. The number of carbonyl (C=O) groups excluding carboxylic acids is 2. The van der Waals surface area contributed by atoms with Crippen LogP contribution in [0.4, 0.5) is 0 Å². The van der Waals surface area contributed by atoms with Crippen molar-refractivity contribution in [1.29, 1.82) is 0 Å². The molecule has 2 aromatic carbocycles. The van der Waals surface area contributed by atoms with Crippen LogP contribution in [0.2, 0.25) is 0 Å². The van der Waals surface area contributed by atoms with Gasteiger partial charge < -0.3 is 15.6 Å². The summed E-state index contributed by atoms with van der Waals surface area (Å²) in [7, 11) is 0. The van der Waals surface area contributed by atoms with E-state index in [-0.39, 0.29) is 5.91 Å². The Labute approximate surface area is 158 Å². The van der Waals surface area contributed by atoms with E-state index in [2.05, 4.69) is 11.1 Å². The summed E-state index contributed by atoms with van der Waals surface area (Å²) in [5, 5.41) is 1.19. The van der Waals surface area contributed by atoms with Crippen LogP contribution in [0.5, 0.6) is 0 Å². The van der Waals surface area contributed by atoms with Gasteiger partial charge in [0.1, 0.15) is 0 Å². The summed E-state index contributed by atoms with van der Waals surface area (Å²) in [6.45, 7) is 0.580. The van der Waals surface area contributed by atoms with Gasteiger partial charge in [-0.3, -0.25) is 9.59 Å². The summed E-state index contributed by atoms with van der Waals surface area (Å²) in [6.07, 6.45) is 5.36. The third-order valence-corrected chi connectivity index (χ3v) is 5.18. The molecule has 0 spiro atoms. The fourth-order valence-electron chi connectivity index (χ4n) is 3.50. The Morgan fingerprint density at radius 1 is 1.07 bits per heavy atom. The maximum Gasteiger partial charge on any atom is 0.248 e. The third-order valence-electron chi connectivity index (χ3n) is 5.18. The zero-order valence-electron chi connectivity index (χ0n) is 15.2. The standard InChI is InChI=1S/C22H23N3O2/c23-22(27)16-7-5-15(6-8-16)14-25(18-10-11-18)21(26)12-9-17-13-24-20-4-2-1-3-19(17)20/h1-8,13,18,24H,9-12,14H2,(H2,23,27). The van der Waals surface area contributed by atoms with Crippen LogP contribution in [0.25, 0.3) is 10.9 Å². The molecule has 0 atom stereocenters. The minimum atomic E-state index is -0.435. The van der Waals surface area contributed by atoms with Gasteiger partial charge in [-0.2, -0.15) is 0 Å².